The molecule has 0 unspecified atom stereocenters. The molecule has 6 nitrogen and oxygen atoms in total. The molecule has 0 radical (unpaired) electrons. The molecule has 0 aromatic heterocycles. The molecule has 2 aromatic rings. The van der Waals surface area contributed by atoms with Crippen LogP contribution in [0.5, 0.6) is 0 Å². The smallest absolute Gasteiger partial charge is 0.237 e. The van der Waals surface area contributed by atoms with Crippen molar-refractivity contribution in [2.24, 2.45) is 0 Å². The largest absolute Gasteiger partial charge is 0.324 e. The van der Waals surface area contributed by atoms with Crippen LogP contribution in [0, 0.1) is 11.6 Å². The van der Waals surface area contributed by atoms with Gasteiger partial charge in [0, 0.05) is 17.4 Å². The number of anilines is 2. The first kappa shape index (κ1) is 20.3. The fourth-order valence-corrected chi connectivity index (χ4v) is 4.73. The lowest BCUT2D eigenvalue weighted by Gasteiger charge is -2.21. The van der Waals surface area contributed by atoms with Gasteiger partial charge in [-0.2, -0.15) is 0 Å². The Hall–Kier alpha value is -2.46. The molecular formula is C18H16F2N2O4S2. The maximum Gasteiger partial charge on any atom is 0.237 e. The molecule has 2 aromatic carbocycles. The summed E-state index contributed by atoms with van der Waals surface area (Å²) in [6.45, 7) is 1.74. The molecule has 0 aliphatic carbocycles. The summed E-state index contributed by atoms with van der Waals surface area (Å²) < 4.78 is 51.7. The van der Waals surface area contributed by atoms with Gasteiger partial charge in [0.05, 0.1) is 27.3 Å². The van der Waals surface area contributed by atoms with Crippen LogP contribution in [0.3, 0.4) is 0 Å². The minimum absolute atomic E-state index is 0.0357. The van der Waals surface area contributed by atoms with E-state index in [2.05, 4.69) is 10.6 Å². The first-order chi connectivity index (χ1) is 13.2. The van der Waals surface area contributed by atoms with Crippen LogP contribution in [-0.4, -0.2) is 31.2 Å². The van der Waals surface area contributed by atoms with E-state index in [1.54, 1.807) is 13.0 Å². The molecule has 1 heterocycles. The second kappa shape index (κ2) is 7.88. The molecular weight excluding hydrogens is 410 g/mol. The molecule has 1 atom stereocenters. The number of sulfone groups is 1. The van der Waals surface area contributed by atoms with Crippen LogP contribution in [0.2, 0.25) is 0 Å². The standard InChI is InChI=1S/C18H16F2N2O4S2/c1-10-18(24)22-15-9-12(3-5-16(15)27-10)28(25,26)7-6-17(23)21-14-8-11(19)2-4-13(14)20/h2-5,8-10H,6-7H2,1H3,(H,21,23)(H,22,24)/t10-/m1/s1. The first-order valence-corrected chi connectivity index (χ1v) is 10.8. The number of hydrogen-bond acceptors (Lipinski definition) is 5. The highest BCUT2D eigenvalue weighted by Gasteiger charge is 2.25. The number of rotatable bonds is 5. The predicted molar refractivity (Wildman–Crippen MR) is 102 cm³/mol. The third-order valence-electron chi connectivity index (χ3n) is 4.04. The van der Waals surface area contributed by atoms with Crippen molar-refractivity contribution in [3.63, 3.8) is 0 Å². The number of amides is 2. The third-order valence-corrected chi connectivity index (χ3v) is 6.93. The summed E-state index contributed by atoms with van der Waals surface area (Å²) in [4.78, 5) is 24.4. The van der Waals surface area contributed by atoms with Crippen LogP contribution in [-0.2, 0) is 19.4 Å². The minimum Gasteiger partial charge on any atom is -0.324 e. The summed E-state index contributed by atoms with van der Waals surface area (Å²) >= 11 is 1.32. The highest BCUT2D eigenvalue weighted by molar-refractivity contribution is 8.01. The molecule has 2 N–H and O–H groups in total. The molecule has 0 saturated carbocycles. The normalized spacial score (nSPS) is 16.2. The van der Waals surface area contributed by atoms with Crippen molar-refractivity contribution in [3.8, 4) is 0 Å². The van der Waals surface area contributed by atoms with E-state index < -0.39 is 39.6 Å². The van der Waals surface area contributed by atoms with Crippen molar-refractivity contribution in [3.05, 3.63) is 48.0 Å². The molecule has 2 amide bonds. The highest BCUT2D eigenvalue weighted by atomic mass is 32.2. The summed E-state index contributed by atoms with van der Waals surface area (Å²) in [6.07, 6.45) is -0.437. The number of carbonyl (C=O) groups is 2. The van der Waals surface area contributed by atoms with Crippen molar-refractivity contribution in [1.82, 2.24) is 0 Å². The Kier molecular flexibility index (Phi) is 5.71. The van der Waals surface area contributed by atoms with Gasteiger partial charge in [-0.05, 0) is 37.3 Å². The van der Waals surface area contributed by atoms with E-state index in [1.165, 1.54) is 23.9 Å². The number of thioether (sulfide) groups is 1. The number of halogens is 2. The van der Waals surface area contributed by atoms with Gasteiger partial charge in [-0.1, -0.05) is 0 Å². The molecule has 3 rings (SSSR count). The van der Waals surface area contributed by atoms with E-state index in [9.17, 15) is 26.8 Å². The van der Waals surface area contributed by atoms with Gasteiger partial charge < -0.3 is 10.6 Å². The zero-order chi connectivity index (χ0) is 20.5. The van der Waals surface area contributed by atoms with Crippen LogP contribution >= 0.6 is 11.8 Å². The van der Waals surface area contributed by atoms with E-state index in [4.69, 9.17) is 0 Å². The van der Waals surface area contributed by atoms with Gasteiger partial charge in [0.1, 0.15) is 11.6 Å². The molecule has 0 fully saturated rings. The molecule has 148 valence electrons. The first-order valence-electron chi connectivity index (χ1n) is 8.25. The van der Waals surface area contributed by atoms with Crippen molar-refractivity contribution in [2.45, 2.75) is 28.4 Å². The average Bonchev–Trinajstić information content (AvgIpc) is 2.64. The molecule has 0 spiro atoms. The number of nitrogens with one attached hydrogen (secondary N) is 2. The second-order valence-electron chi connectivity index (χ2n) is 6.15. The maximum absolute atomic E-state index is 13.6. The maximum atomic E-state index is 13.6. The zero-order valence-electron chi connectivity index (χ0n) is 14.7. The molecule has 1 aliphatic rings. The second-order valence-corrected chi connectivity index (χ2v) is 9.64. The van der Waals surface area contributed by atoms with Gasteiger partial charge in [0.15, 0.2) is 9.84 Å². The van der Waals surface area contributed by atoms with E-state index >= 15 is 0 Å². The van der Waals surface area contributed by atoms with Crippen molar-refractivity contribution in [2.75, 3.05) is 16.4 Å². The van der Waals surface area contributed by atoms with Gasteiger partial charge >= 0.3 is 0 Å². The van der Waals surface area contributed by atoms with E-state index in [-0.39, 0.29) is 21.7 Å². The van der Waals surface area contributed by atoms with Crippen LogP contribution < -0.4 is 10.6 Å². The predicted octanol–water partition coefficient (Wildman–Crippen LogP) is 3.20. The van der Waals surface area contributed by atoms with Crippen LogP contribution in [0.15, 0.2) is 46.2 Å². The Bertz CT molecular complexity index is 1060. The lowest BCUT2D eigenvalue weighted by atomic mass is 10.3. The average molecular weight is 426 g/mol. The lowest BCUT2D eigenvalue weighted by Crippen LogP contribution is -2.26. The number of hydrogen-bond donors (Lipinski definition) is 2. The Morgan fingerprint density at radius 1 is 1.21 bits per heavy atom. The monoisotopic (exact) mass is 426 g/mol. The summed E-state index contributed by atoms with van der Waals surface area (Å²) in [5.41, 5.74) is 0.0468. The molecule has 0 saturated heterocycles. The van der Waals surface area contributed by atoms with Gasteiger partial charge in [-0.3, -0.25) is 9.59 Å². The Morgan fingerprint density at radius 2 is 1.96 bits per heavy atom. The lowest BCUT2D eigenvalue weighted by molar-refractivity contribution is -0.116. The van der Waals surface area contributed by atoms with Gasteiger partial charge in [0.2, 0.25) is 11.8 Å². The fourth-order valence-electron chi connectivity index (χ4n) is 2.53. The van der Waals surface area contributed by atoms with Gasteiger partial charge in [-0.25, -0.2) is 17.2 Å². The molecule has 0 bridgehead atoms. The summed E-state index contributed by atoms with van der Waals surface area (Å²) in [5, 5.41) is 4.53. The number of benzene rings is 2. The third kappa shape index (κ3) is 4.50. The quantitative estimate of drug-likeness (QED) is 0.766. The molecule has 28 heavy (non-hydrogen) atoms. The van der Waals surface area contributed by atoms with Crippen LogP contribution in [0.4, 0.5) is 20.2 Å². The summed E-state index contributed by atoms with van der Waals surface area (Å²) in [6, 6.07) is 6.95. The fraction of sp³-hybridized carbons (Fsp3) is 0.222. The Labute approximate surface area is 164 Å². The van der Waals surface area contributed by atoms with Gasteiger partial charge in [-0.15, -0.1) is 11.8 Å². The number of carbonyl (C=O) groups excluding carboxylic acids is 2. The summed E-state index contributed by atoms with van der Waals surface area (Å²) in [7, 11) is -3.82. The SMILES string of the molecule is C[C@H]1Sc2ccc(S(=O)(=O)CCC(=O)Nc3cc(F)ccc3F)cc2NC1=O. The Morgan fingerprint density at radius 3 is 2.71 bits per heavy atom. The number of fused-ring (bicyclic) bond motifs is 1. The minimum atomic E-state index is -3.82. The zero-order valence-corrected chi connectivity index (χ0v) is 16.3. The summed E-state index contributed by atoms with van der Waals surface area (Å²) in [5.74, 6) is -3.05. The van der Waals surface area contributed by atoms with Gasteiger partial charge in [0.25, 0.3) is 0 Å². The van der Waals surface area contributed by atoms with Crippen molar-refractivity contribution >= 4 is 44.8 Å². The van der Waals surface area contributed by atoms with E-state index in [0.717, 1.165) is 23.1 Å². The van der Waals surface area contributed by atoms with Crippen LogP contribution in [0.25, 0.3) is 0 Å². The molecule has 1 aliphatic heterocycles. The Balaban J connectivity index is 1.69. The van der Waals surface area contributed by atoms with E-state index in [1.807, 2.05) is 0 Å². The van der Waals surface area contributed by atoms with Crippen molar-refractivity contribution in [1.29, 1.82) is 0 Å². The molecule has 10 heteroatoms. The topological polar surface area (TPSA) is 92.3 Å². The highest BCUT2D eigenvalue weighted by Crippen LogP contribution is 2.36. The van der Waals surface area contributed by atoms with E-state index in [0.29, 0.717) is 5.69 Å². The van der Waals surface area contributed by atoms with Crippen LogP contribution in [0.1, 0.15) is 13.3 Å². The van der Waals surface area contributed by atoms with Crippen molar-refractivity contribution < 1.29 is 26.8 Å².